The first-order chi connectivity index (χ1) is 9.80. The molecule has 0 radical (unpaired) electrons. The maximum Gasteiger partial charge on any atom is 0.0799 e. The molecular weight excluding hydrogens is 248 g/mol. The molecule has 0 aromatic carbocycles. The van der Waals surface area contributed by atoms with E-state index in [2.05, 4.69) is 0 Å². The van der Waals surface area contributed by atoms with Crippen LogP contribution in [0, 0.1) is 0 Å². The predicted molar refractivity (Wildman–Crippen MR) is 85.9 cm³/mol. The van der Waals surface area contributed by atoms with Crippen LogP contribution in [0.2, 0.25) is 0 Å². The zero-order valence-corrected chi connectivity index (χ0v) is 13.4. The monoisotopic (exact) mass is 284 g/mol. The summed E-state index contributed by atoms with van der Waals surface area (Å²) >= 11 is 0. The Balaban J connectivity index is 2.18. The van der Waals surface area contributed by atoms with Crippen LogP contribution in [-0.2, 0) is 0 Å². The fourth-order valence-corrected chi connectivity index (χ4v) is 3.21. The summed E-state index contributed by atoms with van der Waals surface area (Å²) in [5.74, 6) is 0. The SMILES string of the molecule is OC1CCCCCCCCCCCCCCCCC1O. The summed E-state index contributed by atoms with van der Waals surface area (Å²) in [6.07, 6.45) is 18.8. The molecule has 20 heavy (non-hydrogen) atoms. The van der Waals surface area contributed by atoms with Gasteiger partial charge in [-0.3, -0.25) is 0 Å². The van der Waals surface area contributed by atoms with Crippen LogP contribution in [-0.4, -0.2) is 22.4 Å². The molecule has 2 heteroatoms. The van der Waals surface area contributed by atoms with Crippen LogP contribution in [0.15, 0.2) is 0 Å². The first-order valence-electron chi connectivity index (χ1n) is 9.17. The minimum atomic E-state index is -0.492. The van der Waals surface area contributed by atoms with Crippen molar-refractivity contribution in [3.05, 3.63) is 0 Å². The molecule has 0 aliphatic heterocycles. The summed E-state index contributed by atoms with van der Waals surface area (Å²) in [6, 6.07) is 0. The molecule has 0 bridgehead atoms. The lowest BCUT2D eigenvalue weighted by atomic mass is 9.98. The number of hydrogen-bond donors (Lipinski definition) is 2. The van der Waals surface area contributed by atoms with Crippen LogP contribution in [0.25, 0.3) is 0 Å². The van der Waals surface area contributed by atoms with Crippen molar-refractivity contribution in [2.45, 2.75) is 115 Å². The number of hydrogen-bond acceptors (Lipinski definition) is 2. The number of aliphatic hydroxyl groups is 2. The van der Waals surface area contributed by atoms with Gasteiger partial charge in [-0.15, -0.1) is 0 Å². The van der Waals surface area contributed by atoms with Crippen molar-refractivity contribution < 1.29 is 10.2 Å². The molecule has 0 aromatic rings. The summed E-state index contributed by atoms with van der Waals surface area (Å²) in [4.78, 5) is 0. The van der Waals surface area contributed by atoms with Gasteiger partial charge in [0.15, 0.2) is 0 Å². The van der Waals surface area contributed by atoms with Gasteiger partial charge in [0.1, 0.15) is 0 Å². The van der Waals surface area contributed by atoms with Gasteiger partial charge in [-0.05, 0) is 12.8 Å². The molecular formula is C18H36O2. The first kappa shape index (κ1) is 18.0. The van der Waals surface area contributed by atoms with E-state index in [1.165, 1.54) is 77.0 Å². The Hall–Kier alpha value is -0.0800. The van der Waals surface area contributed by atoms with Gasteiger partial charge in [-0.1, -0.05) is 89.9 Å². The Morgan fingerprint density at radius 2 is 0.550 bits per heavy atom. The third kappa shape index (κ3) is 9.77. The molecule has 0 aromatic heterocycles. The van der Waals surface area contributed by atoms with Gasteiger partial charge in [0.25, 0.3) is 0 Å². The molecule has 1 aliphatic carbocycles. The second-order valence-electron chi connectivity index (χ2n) is 6.66. The zero-order chi connectivity index (χ0) is 14.5. The molecule has 2 nitrogen and oxygen atoms in total. The molecule has 1 aliphatic rings. The van der Waals surface area contributed by atoms with Crippen LogP contribution in [0.4, 0.5) is 0 Å². The van der Waals surface area contributed by atoms with Crippen molar-refractivity contribution >= 4 is 0 Å². The predicted octanol–water partition coefficient (Wildman–Crippen LogP) is 4.96. The van der Waals surface area contributed by atoms with E-state index >= 15 is 0 Å². The molecule has 1 fully saturated rings. The van der Waals surface area contributed by atoms with Crippen LogP contribution in [0.3, 0.4) is 0 Å². The highest BCUT2D eigenvalue weighted by Gasteiger charge is 2.15. The first-order valence-corrected chi connectivity index (χ1v) is 9.17. The smallest absolute Gasteiger partial charge is 0.0799 e. The quantitative estimate of drug-likeness (QED) is 0.660. The summed E-state index contributed by atoms with van der Waals surface area (Å²) < 4.78 is 0. The Labute approximate surface area is 126 Å². The molecule has 1 rings (SSSR count). The van der Waals surface area contributed by atoms with Crippen molar-refractivity contribution in [3.8, 4) is 0 Å². The normalized spacial score (nSPS) is 30.3. The van der Waals surface area contributed by atoms with Crippen LogP contribution in [0.1, 0.15) is 103 Å². The van der Waals surface area contributed by atoms with Gasteiger partial charge in [0.05, 0.1) is 12.2 Å². The highest BCUT2D eigenvalue weighted by atomic mass is 16.3. The zero-order valence-electron chi connectivity index (χ0n) is 13.4. The fourth-order valence-electron chi connectivity index (χ4n) is 3.21. The largest absolute Gasteiger partial charge is 0.390 e. The molecule has 2 N–H and O–H groups in total. The summed E-state index contributed by atoms with van der Waals surface area (Å²) in [7, 11) is 0. The topological polar surface area (TPSA) is 40.5 Å². The Morgan fingerprint density at radius 3 is 0.800 bits per heavy atom. The van der Waals surface area contributed by atoms with Crippen molar-refractivity contribution in [1.29, 1.82) is 0 Å². The van der Waals surface area contributed by atoms with E-state index in [4.69, 9.17) is 0 Å². The van der Waals surface area contributed by atoms with Crippen molar-refractivity contribution in [2.75, 3.05) is 0 Å². The van der Waals surface area contributed by atoms with Crippen molar-refractivity contribution in [3.63, 3.8) is 0 Å². The minimum absolute atomic E-state index is 0.492. The van der Waals surface area contributed by atoms with E-state index in [9.17, 15) is 10.2 Å². The average Bonchev–Trinajstić information content (AvgIpc) is 2.45. The summed E-state index contributed by atoms with van der Waals surface area (Å²) in [5, 5.41) is 19.8. The van der Waals surface area contributed by atoms with E-state index in [1.54, 1.807) is 0 Å². The number of aliphatic hydroxyl groups excluding tert-OH is 2. The maximum atomic E-state index is 9.92. The van der Waals surface area contributed by atoms with E-state index in [-0.39, 0.29) is 0 Å². The molecule has 0 heterocycles. The third-order valence-corrected chi connectivity index (χ3v) is 4.69. The lowest BCUT2D eigenvalue weighted by Crippen LogP contribution is -2.25. The second-order valence-corrected chi connectivity index (χ2v) is 6.66. The summed E-state index contributed by atoms with van der Waals surface area (Å²) in [6.45, 7) is 0. The van der Waals surface area contributed by atoms with Crippen LogP contribution in [0.5, 0.6) is 0 Å². The molecule has 120 valence electrons. The maximum absolute atomic E-state index is 9.92. The average molecular weight is 284 g/mol. The second kappa shape index (κ2) is 12.6. The Morgan fingerprint density at radius 1 is 0.350 bits per heavy atom. The number of rotatable bonds is 0. The van der Waals surface area contributed by atoms with E-state index in [0.29, 0.717) is 0 Å². The highest BCUT2D eigenvalue weighted by molar-refractivity contribution is 4.67. The lowest BCUT2D eigenvalue weighted by molar-refractivity contribution is 0.00711. The Bertz CT molecular complexity index is 184. The molecule has 0 amide bonds. The van der Waals surface area contributed by atoms with Gasteiger partial charge in [-0.25, -0.2) is 0 Å². The van der Waals surface area contributed by atoms with Gasteiger partial charge in [0.2, 0.25) is 0 Å². The molecule has 0 spiro atoms. The van der Waals surface area contributed by atoms with Crippen molar-refractivity contribution in [2.24, 2.45) is 0 Å². The van der Waals surface area contributed by atoms with E-state index < -0.39 is 12.2 Å². The van der Waals surface area contributed by atoms with Crippen molar-refractivity contribution in [1.82, 2.24) is 0 Å². The van der Waals surface area contributed by atoms with E-state index in [1.807, 2.05) is 0 Å². The molecule has 0 saturated heterocycles. The molecule has 2 atom stereocenters. The lowest BCUT2D eigenvalue weighted by Gasteiger charge is -2.17. The van der Waals surface area contributed by atoms with Crippen LogP contribution >= 0.6 is 0 Å². The van der Waals surface area contributed by atoms with Gasteiger partial charge >= 0.3 is 0 Å². The molecule has 2 unspecified atom stereocenters. The van der Waals surface area contributed by atoms with Crippen LogP contribution < -0.4 is 0 Å². The Kier molecular flexibility index (Phi) is 11.4. The summed E-state index contributed by atoms with van der Waals surface area (Å²) in [5.41, 5.74) is 0. The standard InChI is InChI=1S/C18H36O2/c19-17-15-13-11-9-7-5-3-1-2-4-6-8-10-12-14-16-18(17)20/h17-20H,1-16H2. The third-order valence-electron chi connectivity index (χ3n) is 4.69. The van der Waals surface area contributed by atoms with Gasteiger partial charge in [-0.2, -0.15) is 0 Å². The van der Waals surface area contributed by atoms with E-state index in [0.717, 1.165) is 25.7 Å². The minimum Gasteiger partial charge on any atom is -0.390 e. The van der Waals surface area contributed by atoms with Gasteiger partial charge in [0, 0.05) is 0 Å². The molecule has 1 saturated carbocycles. The fraction of sp³-hybridized carbons (Fsp3) is 1.00. The highest BCUT2D eigenvalue weighted by Crippen LogP contribution is 2.17. The van der Waals surface area contributed by atoms with Gasteiger partial charge < -0.3 is 10.2 Å².